The number of ether oxygens (including phenoxy) is 3. The molecule has 3 N–H and O–H groups in total. The summed E-state index contributed by atoms with van der Waals surface area (Å²) >= 11 is 0. The minimum atomic E-state index is -0.579. The van der Waals surface area contributed by atoms with Gasteiger partial charge in [0, 0.05) is 18.6 Å². The normalized spacial score (nSPS) is 9.90. The van der Waals surface area contributed by atoms with Gasteiger partial charge in [-0.1, -0.05) is 0 Å². The average molecular weight is 296 g/mol. The van der Waals surface area contributed by atoms with Gasteiger partial charge < -0.3 is 25.3 Å². The molecule has 0 fully saturated rings. The fraction of sp³-hybridized carbons (Fsp3) is 0.429. The van der Waals surface area contributed by atoms with E-state index in [0.29, 0.717) is 30.2 Å². The number of carbonyl (C=O) groups is 2. The van der Waals surface area contributed by atoms with Gasteiger partial charge >= 0.3 is 5.97 Å². The second-order valence-electron chi connectivity index (χ2n) is 4.18. The van der Waals surface area contributed by atoms with Crippen LogP contribution in [0.25, 0.3) is 0 Å². The Hall–Kier alpha value is -2.28. The second-order valence-corrected chi connectivity index (χ2v) is 4.18. The van der Waals surface area contributed by atoms with Gasteiger partial charge in [0.2, 0.25) is 5.91 Å². The third-order valence-corrected chi connectivity index (χ3v) is 2.81. The lowest BCUT2D eigenvalue weighted by atomic mass is 10.1. The molecule has 0 saturated heterocycles. The molecule has 0 unspecified atom stereocenters. The lowest BCUT2D eigenvalue weighted by Gasteiger charge is -2.14. The van der Waals surface area contributed by atoms with Gasteiger partial charge in [-0.05, 0) is 13.0 Å². The molecule has 7 nitrogen and oxygen atoms in total. The first-order valence-electron chi connectivity index (χ1n) is 6.41. The smallest absolute Gasteiger partial charge is 0.340 e. The lowest BCUT2D eigenvalue weighted by Crippen LogP contribution is -2.16. The first kappa shape index (κ1) is 16.8. The Morgan fingerprint density at radius 2 is 1.76 bits per heavy atom. The first-order valence-corrected chi connectivity index (χ1v) is 6.41. The molecule has 0 bridgehead atoms. The number of hydrogen-bond donors (Lipinski definition) is 2. The van der Waals surface area contributed by atoms with E-state index in [1.54, 1.807) is 0 Å². The van der Waals surface area contributed by atoms with Crippen molar-refractivity contribution in [3.8, 4) is 11.5 Å². The van der Waals surface area contributed by atoms with Crippen LogP contribution in [0, 0.1) is 0 Å². The molecule has 7 heteroatoms. The standard InChI is InChI=1S/C14H20N2O5/c1-19-11-7-9(14(18)21-3)10(8-12(11)20-2)16-13(17)5-4-6-15/h7-8H,4-6,15H2,1-3H3,(H,16,17). The van der Waals surface area contributed by atoms with E-state index in [0.717, 1.165) is 0 Å². The number of esters is 1. The lowest BCUT2D eigenvalue weighted by molar-refractivity contribution is -0.116. The van der Waals surface area contributed by atoms with Crippen molar-refractivity contribution in [2.24, 2.45) is 5.73 Å². The van der Waals surface area contributed by atoms with Crippen LogP contribution in [0.5, 0.6) is 11.5 Å². The van der Waals surface area contributed by atoms with E-state index < -0.39 is 5.97 Å². The highest BCUT2D eigenvalue weighted by atomic mass is 16.5. The number of rotatable bonds is 7. The van der Waals surface area contributed by atoms with E-state index in [1.165, 1.54) is 33.5 Å². The number of anilines is 1. The molecular formula is C14H20N2O5. The maximum Gasteiger partial charge on any atom is 0.340 e. The van der Waals surface area contributed by atoms with Gasteiger partial charge in [-0.25, -0.2) is 4.79 Å². The Bertz CT molecular complexity index is 516. The molecule has 1 amide bonds. The molecule has 0 heterocycles. The van der Waals surface area contributed by atoms with E-state index in [-0.39, 0.29) is 17.9 Å². The largest absolute Gasteiger partial charge is 0.493 e. The number of hydrogen-bond acceptors (Lipinski definition) is 6. The first-order chi connectivity index (χ1) is 10.1. The molecule has 0 saturated carbocycles. The minimum absolute atomic E-state index is 0.191. The van der Waals surface area contributed by atoms with Gasteiger partial charge in [0.05, 0.1) is 32.6 Å². The highest BCUT2D eigenvalue weighted by Gasteiger charge is 2.18. The third-order valence-electron chi connectivity index (χ3n) is 2.81. The third kappa shape index (κ3) is 4.35. The molecule has 0 atom stereocenters. The Balaban J connectivity index is 3.14. The van der Waals surface area contributed by atoms with Crippen molar-refractivity contribution >= 4 is 17.6 Å². The van der Waals surface area contributed by atoms with Crippen molar-refractivity contribution in [2.75, 3.05) is 33.2 Å². The maximum atomic E-state index is 11.8. The summed E-state index contributed by atoms with van der Waals surface area (Å²) in [6, 6.07) is 2.98. The van der Waals surface area contributed by atoms with Crippen LogP contribution in [0.2, 0.25) is 0 Å². The fourth-order valence-electron chi connectivity index (χ4n) is 1.74. The van der Waals surface area contributed by atoms with Gasteiger partial charge in [0.1, 0.15) is 0 Å². The van der Waals surface area contributed by atoms with Crippen molar-refractivity contribution in [1.82, 2.24) is 0 Å². The fourth-order valence-corrected chi connectivity index (χ4v) is 1.74. The summed E-state index contributed by atoms with van der Waals surface area (Å²) in [4.78, 5) is 23.6. The van der Waals surface area contributed by atoms with Crippen LogP contribution in [0.4, 0.5) is 5.69 Å². The Morgan fingerprint density at radius 1 is 1.14 bits per heavy atom. The van der Waals surface area contributed by atoms with Crippen LogP contribution >= 0.6 is 0 Å². The summed E-state index contributed by atoms with van der Waals surface area (Å²) < 4.78 is 15.0. The van der Waals surface area contributed by atoms with Crippen molar-refractivity contribution in [1.29, 1.82) is 0 Å². The van der Waals surface area contributed by atoms with Gasteiger partial charge in [0.15, 0.2) is 11.5 Å². The van der Waals surface area contributed by atoms with Crippen molar-refractivity contribution in [2.45, 2.75) is 12.8 Å². The number of amides is 1. The topological polar surface area (TPSA) is 99.9 Å². The molecule has 1 aromatic carbocycles. The molecule has 0 aliphatic carbocycles. The van der Waals surface area contributed by atoms with E-state index in [4.69, 9.17) is 19.9 Å². The van der Waals surface area contributed by atoms with Crippen LogP contribution in [-0.4, -0.2) is 39.8 Å². The number of carbonyl (C=O) groups excluding carboxylic acids is 2. The molecule has 0 spiro atoms. The molecule has 0 aliphatic rings. The van der Waals surface area contributed by atoms with Crippen molar-refractivity contribution in [3.63, 3.8) is 0 Å². The summed E-state index contributed by atoms with van der Waals surface area (Å²) in [5, 5.41) is 2.66. The highest BCUT2D eigenvalue weighted by molar-refractivity contribution is 6.02. The molecular weight excluding hydrogens is 276 g/mol. The molecule has 1 rings (SSSR count). The molecule has 0 aliphatic heterocycles. The van der Waals surface area contributed by atoms with E-state index >= 15 is 0 Å². The van der Waals surface area contributed by atoms with Crippen LogP contribution in [0.1, 0.15) is 23.2 Å². The summed E-state index contributed by atoms with van der Waals surface area (Å²) in [6.07, 6.45) is 0.831. The van der Waals surface area contributed by atoms with Gasteiger partial charge in [-0.3, -0.25) is 4.79 Å². The maximum absolute atomic E-state index is 11.8. The Labute approximate surface area is 123 Å². The van der Waals surface area contributed by atoms with Crippen LogP contribution in [-0.2, 0) is 9.53 Å². The second kappa shape index (κ2) is 8.11. The zero-order chi connectivity index (χ0) is 15.8. The quantitative estimate of drug-likeness (QED) is 0.733. The highest BCUT2D eigenvalue weighted by Crippen LogP contribution is 2.33. The summed E-state index contributed by atoms with van der Waals surface area (Å²) in [6.45, 7) is 0.420. The van der Waals surface area contributed by atoms with Crippen molar-refractivity contribution < 1.29 is 23.8 Å². The zero-order valence-corrected chi connectivity index (χ0v) is 12.4. The van der Waals surface area contributed by atoms with E-state index in [2.05, 4.69) is 5.32 Å². The van der Waals surface area contributed by atoms with Crippen molar-refractivity contribution in [3.05, 3.63) is 17.7 Å². The summed E-state index contributed by atoms with van der Waals surface area (Å²) in [7, 11) is 4.19. The SMILES string of the molecule is COC(=O)c1cc(OC)c(OC)cc1NC(=O)CCCN. The zero-order valence-electron chi connectivity index (χ0n) is 12.4. The van der Waals surface area contributed by atoms with Gasteiger partial charge in [0.25, 0.3) is 0 Å². The number of methoxy groups -OCH3 is 3. The van der Waals surface area contributed by atoms with Crippen LogP contribution < -0.4 is 20.5 Å². The number of nitrogens with one attached hydrogen (secondary N) is 1. The average Bonchev–Trinajstić information content (AvgIpc) is 2.51. The predicted molar refractivity (Wildman–Crippen MR) is 77.8 cm³/mol. The molecule has 1 aromatic rings. The minimum Gasteiger partial charge on any atom is -0.493 e. The summed E-state index contributed by atoms with van der Waals surface area (Å²) in [5.74, 6) is -0.0416. The Kier molecular flexibility index (Phi) is 6.48. The van der Waals surface area contributed by atoms with Crippen LogP contribution in [0.15, 0.2) is 12.1 Å². The molecule has 0 radical (unpaired) electrons. The molecule has 21 heavy (non-hydrogen) atoms. The van der Waals surface area contributed by atoms with Gasteiger partial charge in [-0.2, -0.15) is 0 Å². The van der Waals surface area contributed by atoms with Crippen LogP contribution in [0.3, 0.4) is 0 Å². The summed E-state index contributed by atoms with van der Waals surface area (Å²) in [5.41, 5.74) is 5.86. The molecule has 116 valence electrons. The molecule has 0 aromatic heterocycles. The Morgan fingerprint density at radius 3 is 2.29 bits per heavy atom. The number of nitrogens with two attached hydrogens (primary N) is 1. The van der Waals surface area contributed by atoms with E-state index in [1.807, 2.05) is 0 Å². The van der Waals surface area contributed by atoms with Gasteiger partial charge in [-0.15, -0.1) is 0 Å². The predicted octanol–water partition coefficient (Wildman–Crippen LogP) is 1.17. The number of benzene rings is 1. The van der Waals surface area contributed by atoms with E-state index in [9.17, 15) is 9.59 Å². The monoisotopic (exact) mass is 296 g/mol.